The molecule has 2 aromatic heterocycles. The topological polar surface area (TPSA) is 36.7 Å². The second kappa shape index (κ2) is 6.13. The molecular formula is C26H14N2S. The van der Waals surface area contributed by atoms with E-state index in [2.05, 4.69) is 77.8 Å². The smallest absolute Gasteiger partial charge is 0.141 e. The molecule has 0 spiro atoms. The van der Waals surface area contributed by atoms with Gasteiger partial charge in [0.05, 0.1) is 0 Å². The van der Waals surface area contributed by atoms with Crippen molar-refractivity contribution in [2.24, 2.45) is 0 Å². The highest BCUT2D eigenvalue weighted by atomic mass is 32.1. The normalized spacial score (nSPS) is 11.4. The molecule has 0 unspecified atom stereocenters. The van der Waals surface area contributed by atoms with Crippen LogP contribution >= 0.6 is 11.3 Å². The fourth-order valence-electron chi connectivity index (χ4n) is 4.30. The molecule has 0 N–H and O–H groups in total. The van der Waals surface area contributed by atoms with E-state index in [1.165, 1.54) is 41.7 Å². The molecular weight excluding hydrogens is 372 g/mol. The molecule has 2 nitrogen and oxygen atoms in total. The summed E-state index contributed by atoms with van der Waals surface area (Å²) in [5.74, 6) is 0. The van der Waals surface area contributed by atoms with Crippen molar-refractivity contribution in [3.8, 4) is 17.2 Å². The minimum absolute atomic E-state index is 0.439. The van der Waals surface area contributed by atoms with Crippen molar-refractivity contribution in [3.63, 3.8) is 0 Å². The van der Waals surface area contributed by atoms with E-state index in [4.69, 9.17) is 0 Å². The molecule has 3 heteroatoms. The lowest BCUT2D eigenvalue weighted by Gasteiger charge is -2.10. The highest BCUT2D eigenvalue weighted by Gasteiger charge is 2.15. The second-order valence-electron chi connectivity index (χ2n) is 7.15. The van der Waals surface area contributed by atoms with Gasteiger partial charge < -0.3 is 0 Å². The fourth-order valence-corrected chi connectivity index (χ4v) is 5.48. The average molecular weight is 386 g/mol. The second-order valence-corrected chi connectivity index (χ2v) is 8.23. The zero-order valence-electron chi connectivity index (χ0n) is 15.4. The molecule has 0 bridgehead atoms. The van der Waals surface area contributed by atoms with Gasteiger partial charge in [-0.2, -0.15) is 5.26 Å². The Kier molecular flexibility index (Phi) is 3.43. The first-order valence-corrected chi connectivity index (χ1v) is 10.3. The van der Waals surface area contributed by atoms with Gasteiger partial charge in [0, 0.05) is 26.4 Å². The maximum Gasteiger partial charge on any atom is 0.141 e. The van der Waals surface area contributed by atoms with Gasteiger partial charge in [0.25, 0.3) is 0 Å². The monoisotopic (exact) mass is 386 g/mol. The molecule has 0 saturated heterocycles. The first kappa shape index (κ1) is 16.2. The summed E-state index contributed by atoms with van der Waals surface area (Å²) < 4.78 is 2.56. The molecule has 0 saturated carbocycles. The van der Waals surface area contributed by atoms with E-state index in [-0.39, 0.29) is 0 Å². The Bertz CT molecular complexity index is 1620. The largest absolute Gasteiger partial charge is 0.246 e. The maximum absolute atomic E-state index is 9.28. The van der Waals surface area contributed by atoms with E-state index >= 15 is 0 Å². The molecule has 0 amide bonds. The number of benzene rings is 4. The van der Waals surface area contributed by atoms with Crippen molar-refractivity contribution in [1.82, 2.24) is 4.98 Å². The third-order valence-electron chi connectivity index (χ3n) is 5.55. The predicted molar refractivity (Wildman–Crippen MR) is 122 cm³/mol. The van der Waals surface area contributed by atoms with Crippen LogP contribution in [0.2, 0.25) is 0 Å². The molecule has 2 heterocycles. The molecule has 0 aliphatic carbocycles. The van der Waals surface area contributed by atoms with Crippen LogP contribution in [0.15, 0.2) is 85.1 Å². The summed E-state index contributed by atoms with van der Waals surface area (Å²) in [6.45, 7) is 0. The zero-order chi connectivity index (χ0) is 19.4. The van der Waals surface area contributed by atoms with Crippen molar-refractivity contribution in [2.45, 2.75) is 0 Å². The van der Waals surface area contributed by atoms with Crippen molar-refractivity contribution >= 4 is 53.1 Å². The van der Waals surface area contributed by atoms with Gasteiger partial charge in [-0.1, -0.05) is 54.6 Å². The molecule has 29 heavy (non-hydrogen) atoms. The van der Waals surface area contributed by atoms with E-state index < -0.39 is 0 Å². The number of rotatable bonds is 1. The number of nitriles is 1. The van der Waals surface area contributed by atoms with Crippen LogP contribution in [-0.2, 0) is 0 Å². The first-order valence-electron chi connectivity index (χ1n) is 9.46. The Morgan fingerprint density at radius 1 is 0.724 bits per heavy atom. The van der Waals surface area contributed by atoms with Crippen molar-refractivity contribution < 1.29 is 0 Å². The number of hydrogen-bond acceptors (Lipinski definition) is 3. The van der Waals surface area contributed by atoms with Gasteiger partial charge in [-0.05, 0) is 56.9 Å². The Labute approximate surface area is 171 Å². The van der Waals surface area contributed by atoms with Crippen molar-refractivity contribution in [2.75, 3.05) is 0 Å². The summed E-state index contributed by atoms with van der Waals surface area (Å²) in [5, 5.41) is 16.9. The third-order valence-corrected chi connectivity index (χ3v) is 6.66. The lowest BCUT2D eigenvalue weighted by atomic mass is 9.94. The SMILES string of the molecule is N#Cc1cc(-c2cc3sc4ccc5ccccc5c4c3c3ccccc23)ccn1. The fraction of sp³-hybridized carbons (Fsp3) is 0. The standard InChI is InChI=1S/C26H14N2S/c27-15-18-13-17(11-12-28-18)22-14-24-26(21-8-4-3-7-20(21)22)25-19-6-2-1-5-16(19)9-10-23(25)29-24/h1-14H. The van der Waals surface area contributed by atoms with Crippen LogP contribution in [0.1, 0.15) is 5.69 Å². The summed E-state index contributed by atoms with van der Waals surface area (Å²) in [6.07, 6.45) is 1.71. The lowest BCUT2D eigenvalue weighted by Crippen LogP contribution is -1.86. The van der Waals surface area contributed by atoms with Crippen LogP contribution < -0.4 is 0 Å². The van der Waals surface area contributed by atoms with E-state index in [1.54, 1.807) is 6.20 Å². The summed E-state index contributed by atoms with van der Waals surface area (Å²) >= 11 is 1.83. The number of hydrogen-bond donors (Lipinski definition) is 0. The average Bonchev–Trinajstić information content (AvgIpc) is 3.18. The van der Waals surface area contributed by atoms with Gasteiger partial charge in [0.2, 0.25) is 0 Å². The molecule has 6 rings (SSSR count). The van der Waals surface area contributed by atoms with Crippen LogP contribution in [0.25, 0.3) is 52.8 Å². The van der Waals surface area contributed by atoms with Gasteiger partial charge in [-0.25, -0.2) is 4.98 Å². The van der Waals surface area contributed by atoms with Crippen LogP contribution in [0.5, 0.6) is 0 Å². The number of fused-ring (bicyclic) bond motifs is 7. The van der Waals surface area contributed by atoms with Crippen molar-refractivity contribution in [1.29, 1.82) is 5.26 Å². The van der Waals surface area contributed by atoms with Crippen LogP contribution in [0.3, 0.4) is 0 Å². The third kappa shape index (κ3) is 2.37. The number of nitrogens with zero attached hydrogens (tertiary/aromatic N) is 2. The maximum atomic E-state index is 9.28. The summed E-state index contributed by atoms with van der Waals surface area (Å²) in [7, 11) is 0. The van der Waals surface area contributed by atoms with Crippen LogP contribution in [0.4, 0.5) is 0 Å². The Balaban J connectivity index is 1.82. The number of thiophene rings is 1. The summed E-state index contributed by atoms with van der Waals surface area (Å²) in [5.41, 5.74) is 2.61. The molecule has 0 fully saturated rings. The van der Waals surface area contributed by atoms with Crippen LogP contribution in [-0.4, -0.2) is 4.98 Å². The minimum atomic E-state index is 0.439. The van der Waals surface area contributed by atoms with E-state index in [0.29, 0.717) is 5.69 Å². The van der Waals surface area contributed by atoms with E-state index in [9.17, 15) is 5.26 Å². The highest BCUT2D eigenvalue weighted by molar-refractivity contribution is 7.26. The van der Waals surface area contributed by atoms with Crippen LogP contribution in [0, 0.1) is 11.3 Å². The molecule has 0 radical (unpaired) electrons. The molecule has 0 aliphatic heterocycles. The first-order chi connectivity index (χ1) is 14.3. The highest BCUT2D eigenvalue weighted by Crippen LogP contribution is 2.44. The molecule has 6 aromatic rings. The molecule has 0 aliphatic rings. The summed E-state index contributed by atoms with van der Waals surface area (Å²) in [4.78, 5) is 4.14. The Morgan fingerprint density at radius 3 is 2.34 bits per heavy atom. The molecule has 4 aromatic carbocycles. The van der Waals surface area contributed by atoms with Gasteiger partial charge in [0.15, 0.2) is 0 Å². The number of pyridine rings is 1. The van der Waals surface area contributed by atoms with Crippen molar-refractivity contribution in [3.05, 3.63) is 90.8 Å². The molecule has 134 valence electrons. The Hall–Kier alpha value is -3.74. The molecule has 0 atom stereocenters. The van der Waals surface area contributed by atoms with Gasteiger partial charge >= 0.3 is 0 Å². The predicted octanol–water partition coefficient (Wildman–Crippen LogP) is 7.29. The van der Waals surface area contributed by atoms with Gasteiger partial charge in [-0.3, -0.25) is 0 Å². The Morgan fingerprint density at radius 2 is 1.48 bits per heavy atom. The van der Waals surface area contributed by atoms with Gasteiger partial charge in [0.1, 0.15) is 11.8 Å². The van der Waals surface area contributed by atoms with Gasteiger partial charge in [-0.15, -0.1) is 11.3 Å². The number of aromatic nitrogens is 1. The van der Waals surface area contributed by atoms with E-state index in [1.807, 2.05) is 23.5 Å². The zero-order valence-corrected chi connectivity index (χ0v) is 16.2. The minimum Gasteiger partial charge on any atom is -0.246 e. The summed E-state index contributed by atoms with van der Waals surface area (Å²) in [6, 6.07) is 29.9. The quantitative estimate of drug-likeness (QED) is 0.297. The van der Waals surface area contributed by atoms with E-state index in [0.717, 1.165) is 11.1 Å². The lowest BCUT2D eigenvalue weighted by molar-refractivity contribution is 1.27.